The zero-order valence-electron chi connectivity index (χ0n) is 13.7. The van der Waals surface area contributed by atoms with Gasteiger partial charge in [-0.25, -0.2) is 13.1 Å². The maximum atomic E-state index is 12.5. The Labute approximate surface area is 153 Å². The van der Waals surface area contributed by atoms with Crippen LogP contribution >= 0.6 is 0 Å². The van der Waals surface area contributed by atoms with E-state index in [1.807, 2.05) is 0 Å². The van der Waals surface area contributed by atoms with Gasteiger partial charge in [0, 0.05) is 18.0 Å². The van der Waals surface area contributed by atoms with Gasteiger partial charge in [-0.15, -0.1) is 0 Å². The number of amides is 1. The molecule has 3 heterocycles. The third kappa shape index (κ3) is 3.64. The molecule has 1 aromatic carbocycles. The summed E-state index contributed by atoms with van der Waals surface area (Å²) in [5.41, 5.74) is 0.951. The molecule has 2 N–H and O–H groups in total. The molecule has 0 spiro atoms. The lowest BCUT2D eigenvalue weighted by molar-refractivity contribution is -0.118. The summed E-state index contributed by atoms with van der Waals surface area (Å²) in [6.45, 7) is -0.288. The normalized spacial score (nSPS) is 13.6. The molecule has 4 rings (SSSR count). The molecule has 0 saturated carbocycles. The number of fused-ring (bicyclic) bond motifs is 1. The van der Waals surface area contributed by atoms with Crippen molar-refractivity contribution in [1.29, 1.82) is 0 Å². The smallest absolute Gasteiger partial charge is 0.262 e. The topological polar surface area (TPSA) is 136 Å². The molecular weight excluding hydrogens is 374 g/mol. The Bertz CT molecular complexity index is 1100. The summed E-state index contributed by atoms with van der Waals surface area (Å²) < 4.78 is 37.6. The molecule has 2 aromatic heterocycles. The van der Waals surface area contributed by atoms with Crippen molar-refractivity contribution in [2.24, 2.45) is 0 Å². The Hall–Kier alpha value is -3.31. The maximum absolute atomic E-state index is 12.5. The Morgan fingerprint density at radius 3 is 2.96 bits per heavy atom. The summed E-state index contributed by atoms with van der Waals surface area (Å²) in [5, 5.41) is 6.37. The first-order valence-electron chi connectivity index (χ1n) is 7.81. The monoisotopic (exact) mass is 387 g/mol. The lowest BCUT2D eigenvalue weighted by Crippen LogP contribution is -2.27. The molecule has 1 aliphatic heterocycles. The first kappa shape index (κ1) is 17.1. The molecule has 0 aliphatic carbocycles. The van der Waals surface area contributed by atoms with Crippen molar-refractivity contribution < 1.29 is 22.5 Å². The van der Waals surface area contributed by atoms with Gasteiger partial charge in [0.2, 0.25) is 21.7 Å². The highest BCUT2D eigenvalue weighted by molar-refractivity contribution is 7.89. The second-order valence-corrected chi connectivity index (χ2v) is 7.34. The first-order valence-corrected chi connectivity index (χ1v) is 9.29. The molecule has 10 nitrogen and oxygen atoms in total. The number of ether oxygens (including phenoxy) is 1. The van der Waals surface area contributed by atoms with Crippen LogP contribution in [0.2, 0.25) is 0 Å². The molecule has 0 saturated heterocycles. The number of aromatic nitrogens is 3. The van der Waals surface area contributed by atoms with Crippen LogP contribution in [0.1, 0.15) is 5.89 Å². The van der Waals surface area contributed by atoms with Crippen LogP contribution in [0.15, 0.2) is 52.1 Å². The summed E-state index contributed by atoms with van der Waals surface area (Å²) in [6.07, 6.45) is 3.19. The fraction of sp³-hybridized carbons (Fsp3) is 0.125. The van der Waals surface area contributed by atoms with Crippen LogP contribution in [0.3, 0.4) is 0 Å². The van der Waals surface area contributed by atoms with E-state index in [1.54, 1.807) is 24.5 Å². The number of carbonyl (C=O) groups excluding carboxylic acids is 1. The summed E-state index contributed by atoms with van der Waals surface area (Å²) in [4.78, 5) is 19.5. The average molecular weight is 387 g/mol. The van der Waals surface area contributed by atoms with E-state index in [4.69, 9.17) is 9.26 Å². The summed E-state index contributed by atoms with van der Waals surface area (Å²) in [7, 11) is -3.86. The van der Waals surface area contributed by atoms with Gasteiger partial charge in [-0.2, -0.15) is 4.98 Å². The van der Waals surface area contributed by atoms with Gasteiger partial charge in [0.25, 0.3) is 5.91 Å². The minimum Gasteiger partial charge on any atom is -0.482 e. The van der Waals surface area contributed by atoms with E-state index >= 15 is 0 Å². The second kappa shape index (κ2) is 6.78. The highest BCUT2D eigenvalue weighted by Gasteiger charge is 2.21. The second-order valence-electron chi connectivity index (χ2n) is 5.57. The zero-order valence-corrected chi connectivity index (χ0v) is 14.6. The van der Waals surface area contributed by atoms with Crippen molar-refractivity contribution in [3.8, 4) is 17.1 Å². The van der Waals surface area contributed by atoms with E-state index in [9.17, 15) is 13.2 Å². The largest absolute Gasteiger partial charge is 0.482 e. The van der Waals surface area contributed by atoms with Gasteiger partial charge >= 0.3 is 0 Å². The highest BCUT2D eigenvalue weighted by atomic mass is 32.2. The number of benzene rings is 1. The van der Waals surface area contributed by atoms with E-state index in [1.165, 1.54) is 18.2 Å². The Morgan fingerprint density at radius 2 is 2.15 bits per heavy atom. The lowest BCUT2D eigenvalue weighted by atomic mass is 10.2. The molecule has 1 amide bonds. The van der Waals surface area contributed by atoms with Crippen molar-refractivity contribution in [1.82, 2.24) is 19.8 Å². The van der Waals surface area contributed by atoms with Gasteiger partial charge in [0.15, 0.2) is 6.61 Å². The first-order chi connectivity index (χ1) is 13.0. The summed E-state index contributed by atoms with van der Waals surface area (Å²) >= 11 is 0. The number of hydrogen-bond acceptors (Lipinski definition) is 8. The van der Waals surface area contributed by atoms with Crippen LogP contribution in [0.25, 0.3) is 11.4 Å². The molecule has 0 radical (unpaired) electrons. The van der Waals surface area contributed by atoms with Gasteiger partial charge in [-0.1, -0.05) is 5.16 Å². The van der Waals surface area contributed by atoms with Crippen molar-refractivity contribution >= 4 is 21.6 Å². The number of rotatable bonds is 5. The average Bonchev–Trinajstić information content (AvgIpc) is 3.16. The third-order valence-corrected chi connectivity index (χ3v) is 5.09. The third-order valence-electron chi connectivity index (χ3n) is 3.70. The predicted molar refractivity (Wildman–Crippen MR) is 92.1 cm³/mol. The Morgan fingerprint density at radius 1 is 1.26 bits per heavy atom. The van der Waals surface area contributed by atoms with Crippen LogP contribution < -0.4 is 14.8 Å². The van der Waals surface area contributed by atoms with Crippen LogP contribution in [0, 0.1) is 0 Å². The van der Waals surface area contributed by atoms with Crippen LogP contribution in [0.4, 0.5) is 5.69 Å². The van der Waals surface area contributed by atoms with Crippen LogP contribution in [-0.4, -0.2) is 36.1 Å². The van der Waals surface area contributed by atoms with Gasteiger partial charge in [-0.3, -0.25) is 9.78 Å². The zero-order chi connectivity index (χ0) is 18.9. The molecule has 1 aliphatic rings. The molecule has 0 bridgehead atoms. The number of nitrogens with one attached hydrogen (secondary N) is 2. The SMILES string of the molecule is O=C1COc2ccc(S(=O)(=O)NCc3nc(-c4cccnc4)no3)cc2N1. The molecule has 11 heteroatoms. The number of sulfonamides is 1. The standard InChI is InChI=1S/C16H13N5O5S/c22-14-9-25-13-4-3-11(6-12(13)19-14)27(23,24)18-8-15-20-16(21-26-15)10-2-1-5-17-7-10/h1-7,18H,8-9H2,(H,19,22). The quantitative estimate of drug-likeness (QED) is 0.660. The molecular formula is C16H13N5O5S. The number of carbonyl (C=O) groups is 1. The number of anilines is 1. The summed E-state index contributed by atoms with van der Waals surface area (Å²) in [5.74, 6) is 0.475. The molecule has 27 heavy (non-hydrogen) atoms. The van der Waals surface area contributed by atoms with E-state index in [0.717, 1.165) is 0 Å². The minimum atomic E-state index is -3.86. The van der Waals surface area contributed by atoms with Gasteiger partial charge in [0.05, 0.1) is 17.1 Å². The minimum absolute atomic E-state index is 0.0287. The Balaban J connectivity index is 1.49. The van der Waals surface area contributed by atoms with E-state index in [-0.39, 0.29) is 29.8 Å². The highest BCUT2D eigenvalue weighted by Crippen LogP contribution is 2.30. The molecule has 0 unspecified atom stereocenters. The Kier molecular flexibility index (Phi) is 4.30. The van der Waals surface area contributed by atoms with Gasteiger partial charge in [0.1, 0.15) is 5.75 Å². The van der Waals surface area contributed by atoms with Crippen molar-refractivity contribution in [3.05, 3.63) is 48.6 Å². The molecule has 0 fully saturated rings. The van der Waals surface area contributed by atoms with Crippen molar-refractivity contribution in [2.45, 2.75) is 11.4 Å². The maximum Gasteiger partial charge on any atom is 0.262 e. The van der Waals surface area contributed by atoms with E-state index in [0.29, 0.717) is 22.8 Å². The van der Waals surface area contributed by atoms with Gasteiger partial charge < -0.3 is 14.6 Å². The summed E-state index contributed by atoms with van der Waals surface area (Å²) in [6, 6.07) is 7.68. The number of hydrogen-bond donors (Lipinski definition) is 2. The van der Waals surface area contributed by atoms with E-state index in [2.05, 4.69) is 25.2 Å². The van der Waals surface area contributed by atoms with Gasteiger partial charge in [-0.05, 0) is 30.3 Å². The van der Waals surface area contributed by atoms with E-state index < -0.39 is 10.0 Å². The lowest BCUT2D eigenvalue weighted by Gasteiger charge is -2.18. The number of nitrogens with zero attached hydrogens (tertiary/aromatic N) is 3. The predicted octanol–water partition coefficient (Wildman–Crippen LogP) is 0.941. The molecule has 0 atom stereocenters. The van der Waals surface area contributed by atoms with Crippen LogP contribution in [0.5, 0.6) is 5.75 Å². The number of pyridine rings is 1. The molecule has 138 valence electrons. The molecule has 3 aromatic rings. The van der Waals surface area contributed by atoms with Crippen molar-refractivity contribution in [3.63, 3.8) is 0 Å². The fourth-order valence-corrected chi connectivity index (χ4v) is 3.41. The van der Waals surface area contributed by atoms with Crippen molar-refractivity contribution in [2.75, 3.05) is 11.9 Å². The van der Waals surface area contributed by atoms with Crippen LogP contribution in [-0.2, 0) is 21.4 Å². The fourth-order valence-electron chi connectivity index (χ4n) is 2.41.